The van der Waals surface area contributed by atoms with Gasteiger partial charge in [0.15, 0.2) is 12.1 Å². The molecule has 0 spiro atoms. The summed E-state index contributed by atoms with van der Waals surface area (Å²) in [7, 11) is 6.58. The van der Waals surface area contributed by atoms with Gasteiger partial charge in [-0.2, -0.15) is 0 Å². The van der Waals surface area contributed by atoms with E-state index in [0.29, 0.717) is 0 Å². The van der Waals surface area contributed by atoms with Crippen LogP contribution in [0.25, 0.3) is 0 Å². The summed E-state index contributed by atoms with van der Waals surface area (Å²) in [6.07, 6.45) is 2.66. The monoisotopic (exact) mass is 234 g/mol. The fourth-order valence-electron chi connectivity index (χ4n) is 2.02. The van der Waals surface area contributed by atoms with E-state index in [2.05, 4.69) is 6.92 Å². The quantitative estimate of drug-likeness (QED) is 0.574. The first-order valence-corrected chi connectivity index (χ1v) is 5.77. The smallest absolute Gasteiger partial charge is 0.174 e. The molecular formula is C12H26O4. The molecule has 0 saturated heterocycles. The fraction of sp³-hybridized carbons (Fsp3) is 1.00. The van der Waals surface area contributed by atoms with Crippen LogP contribution in [0.5, 0.6) is 0 Å². The van der Waals surface area contributed by atoms with E-state index in [0.717, 1.165) is 19.3 Å². The third-order valence-electron chi connectivity index (χ3n) is 3.14. The topological polar surface area (TPSA) is 36.9 Å². The zero-order valence-corrected chi connectivity index (χ0v) is 11.4. The number of ether oxygens (including phenoxy) is 4. The lowest BCUT2D eigenvalue weighted by Crippen LogP contribution is -2.47. The van der Waals surface area contributed by atoms with Gasteiger partial charge in [-0.25, -0.2) is 0 Å². The number of unbranched alkanes of at least 4 members (excludes halogenated alkanes) is 1. The summed E-state index contributed by atoms with van der Waals surface area (Å²) in [5.41, 5.74) is 0. The molecule has 0 rings (SSSR count). The zero-order valence-electron chi connectivity index (χ0n) is 11.4. The number of rotatable bonds is 9. The molecule has 0 heterocycles. The van der Waals surface area contributed by atoms with Crippen molar-refractivity contribution in [1.29, 1.82) is 0 Å². The van der Waals surface area contributed by atoms with Gasteiger partial charge in [-0.3, -0.25) is 0 Å². The molecular weight excluding hydrogens is 208 g/mol. The minimum Gasteiger partial charge on any atom is -0.355 e. The Morgan fingerprint density at radius 3 is 1.81 bits per heavy atom. The van der Waals surface area contributed by atoms with Crippen molar-refractivity contribution in [1.82, 2.24) is 0 Å². The Bertz CT molecular complexity index is 164. The standard InChI is InChI=1S/C12H26O4/c1-7-8-9-12(15-5,16-6)10(2)11(13-3)14-4/h10-11H,7-9H2,1-6H3. The van der Waals surface area contributed by atoms with Gasteiger partial charge in [-0.15, -0.1) is 0 Å². The first kappa shape index (κ1) is 15.8. The number of hydrogen-bond acceptors (Lipinski definition) is 4. The van der Waals surface area contributed by atoms with Crippen LogP contribution in [0.1, 0.15) is 33.1 Å². The Kier molecular flexibility index (Phi) is 7.93. The van der Waals surface area contributed by atoms with Gasteiger partial charge in [-0.1, -0.05) is 20.3 Å². The molecule has 1 unspecified atom stereocenters. The molecule has 0 saturated carbocycles. The predicted molar refractivity (Wildman–Crippen MR) is 63.2 cm³/mol. The molecule has 0 N–H and O–H groups in total. The van der Waals surface area contributed by atoms with Gasteiger partial charge in [0.25, 0.3) is 0 Å². The molecule has 0 radical (unpaired) electrons. The second-order valence-electron chi connectivity index (χ2n) is 3.95. The van der Waals surface area contributed by atoms with E-state index in [1.165, 1.54) is 0 Å². The van der Waals surface area contributed by atoms with Gasteiger partial charge < -0.3 is 18.9 Å². The van der Waals surface area contributed by atoms with Crippen molar-refractivity contribution in [3.63, 3.8) is 0 Å². The van der Waals surface area contributed by atoms with Gasteiger partial charge >= 0.3 is 0 Å². The molecule has 0 bridgehead atoms. The molecule has 0 aromatic rings. The zero-order chi connectivity index (χ0) is 12.6. The van der Waals surface area contributed by atoms with Gasteiger partial charge in [-0.05, 0) is 6.42 Å². The van der Waals surface area contributed by atoms with Crippen LogP contribution < -0.4 is 0 Å². The lowest BCUT2D eigenvalue weighted by molar-refractivity contribution is -0.288. The highest BCUT2D eigenvalue weighted by Crippen LogP contribution is 2.32. The van der Waals surface area contributed by atoms with E-state index < -0.39 is 5.79 Å². The van der Waals surface area contributed by atoms with Crippen LogP contribution in [0.4, 0.5) is 0 Å². The van der Waals surface area contributed by atoms with Crippen LogP contribution in [-0.4, -0.2) is 40.5 Å². The largest absolute Gasteiger partial charge is 0.355 e. The molecule has 98 valence electrons. The van der Waals surface area contributed by atoms with E-state index in [1.807, 2.05) is 6.92 Å². The minimum absolute atomic E-state index is 0.00375. The third kappa shape index (κ3) is 3.70. The summed E-state index contributed by atoms with van der Waals surface area (Å²) in [6, 6.07) is 0. The summed E-state index contributed by atoms with van der Waals surface area (Å²) >= 11 is 0. The highest BCUT2D eigenvalue weighted by atomic mass is 16.7. The molecule has 4 nitrogen and oxygen atoms in total. The highest BCUT2D eigenvalue weighted by molar-refractivity contribution is 4.78. The van der Waals surface area contributed by atoms with E-state index in [-0.39, 0.29) is 12.2 Å². The van der Waals surface area contributed by atoms with E-state index in [9.17, 15) is 0 Å². The average molecular weight is 234 g/mol. The maximum absolute atomic E-state index is 5.55. The van der Waals surface area contributed by atoms with Crippen molar-refractivity contribution >= 4 is 0 Å². The lowest BCUT2D eigenvalue weighted by atomic mass is 9.94. The van der Waals surface area contributed by atoms with Crippen LogP contribution in [0.2, 0.25) is 0 Å². The Hall–Kier alpha value is -0.160. The summed E-state index contributed by atoms with van der Waals surface area (Å²) in [4.78, 5) is 0. The first-order valence-electron chi connectivity index (χ1n) is 5.77. The van der Waals surface area contributed by atoms with Gasteiger partial charge in [0.1, 0.15) is 0 Å². The maximum atomic E-state index is 5.55. The SMILES string of the molecule is CCCCC(OC)(OC)C(C)C(OC)OC. The van der Waals surface area contributed by atoms with Crippen molar-refractivity contribution in [2.45, 2.75) is 45.2 Å². The fourth-order valence-corrected chi connectivity index (χ4v) is 2.02. The first-order chi connectivity index (χ1) is 7.61. The van der Waals surface area contributed by atoms with Crippen LogP contribution in [0.3, 0.4) is 0 Å². The molecule has 0 amide bonds. The Labute approximate surface area is 99.2 Å². The predicted octanol–water partition coefficient (Wildman–Crippen LogP) is 2.42. The van der Waals surface area contributed by atoms with Gasteiger partial charge in [0.2, 0.25) is 0 Å². The van der Waals surface area contributed by atoms with Crippen molar-refractivity contribution in [2.75, 3.05) is 28.4 Å². The molecule has 4 heteroatoms. The lowest BCUT2D eigenvalue weighted by Gasteiger charge is -2.39. The molecule has 0 aliphatic rings. The van der Waals surface area contributed by atoms with Crippen molar-refractivity contribution < 1.29 is 18.9 Å². The maximum Gasteiger partial charge on any atom is 0.174 e. The summed E-state index contributed by atoms with van der Waals surface area (Å²) in [5.74, 6) is -0.628. The van der Waals surface area contributed by atoms with Crippen molar-refractivity contribution in [3.8, 4) is 0 Å². The van der Waals surface area contributed by atoms with Crippen LogP contribution in [0.15, 0.2) is 0 Å². The Morgan fingerprint density at radius 2 is 1.50 bits per heavy atom. The third-order valence-corrected chi connectivity index (χ3v) is 3.14. The second-order valence-corrected chi connectivity index (χ2v) is 3.95. The molecule has 0 aromatic heterocycles. The van der Waals surface area contributed by atoms with Crippen molar-refractivity contribution in [3.05, 3.63) is 0 Å². The Morgan fingerprint density at radius 1 is 1.00 bits per heavy atom. The summed E-state index contributed by atoms with van der Waals surface area (Å²) in [5, 5.41) is 0. The number of hydrogen-bond donors (Lipinski definition) is 0. The molecule has 0 aromatic carbocycles. The molecule has 0 aliphatic heterocycles. The normalized spacial score (nSPS) is 14.4. The average Bonchev–Trinajstić information content (AvgIpc) is 2.33. The van der Waals surface area contributed by atoms with Gasteiger partial charge in [0, 0.05) is 34.9 Å². The molecule has 0 aliphatic carbocycles. The summed E-state index contributed by atoms with van der Waals surface area (Å²) in [6.45, 7) is 4.16. The molecule has 0 fully saturated rings. The van der Waals surface area contributed by atoms with Crippen molar-refractivity contribution in [2.24, 2.45) is 5.92 Å². The van der Waals surface area contributed by atoms with Crippen LogP contribution in [0, 0.1) is 5.92 Å². The summed E-state index contributed by atoms with van der Waals surface area (Å²) < 4.78 is 21.6. The van der Waals surface area contributed by atoms with E-state index in [1.54, 1.807) is 28.4 Å². The van der Waals surface area contributed by atoms with Gasteiger partial charge in [0.05, 0.1) is 5.92 Å². The Balaban J connectivity index is 4.71. The highest BCUT2D eigenvalue weighted by Gasteiger charge is 2.40. The van der Waals surface area contributed by atoms with E-state index in [4.69, 9.17) is 18.9 Å². The molecule has 16 heavy (non-hydrogen) atoms. The molecule has 1 atom stereocenters. The van der Waals surface area contributed by atoms with E-state index >= 15 is 0 Å². The number of methoxy groups -OCH3 is 4. The van der Waals surface area contributed by atoms with Crippen LogP contribution in [-0.2, 0) is 18.9 Å². The second kappa shape index (κ2) is 8.01. The van der Waals surface area contributed by atoms with Crippen LogP contribution >= 0.6 is 0 Å². The minimum atomic E-state index is -0.632.